The third-order valence-electron chi connectivity index (χ3n) is 5.35. The second-order valence-electron chi connectivity index (χ2n) is 7.92. The van der Waals surface area contributed by atoms with Crippen LogP contribution in [-0.2, 0) is 9.53 Å². The van der Waals surface area contributed by atoms with Gasteiger partial charge in [0.15, 0.2) is 0 Å². The van der Waals surface area contributed by atoms with Gasteiger partial charge in [-0.15, -0.1) is 11.6 Å². The zero-order valence-corrected chi connectivity index (χ0v) is 15.4. The number of hydrogen-bond donors (Lipinski definition) is 0. The fourth-order valence-electron chi connectivity index (χ4n) is 4.45. The van der Waals surface area contributed by atoms with Gasteiger partial charge < -0.3 is 4.74 Å². The first kappa shape index (κ1) is 16.9. The predicted octanol–water partition coefficient (Wildman–Crippen LogP) is 3.82. The van der Waals surface area contributed by atoms with Crippen LogP contribution < -0.4 is 0 Å². The van der Waals surface area contributed by atoms with Crippen molar-refractivity contribution in [2.45, 2.75) is 98.9 Å². The van der Waals surface area contributed by atoms with E-state index in [-0.39, 0.29) is 5.60 Å². The van der Waals surface area contributed by atoms with Crippen molar-refractivity contribution >= 4 is 29.8 Å². The summed E-state index contributed by atoms with van der Waals surface area (Å²) < 4.78 is 4.55. The minimum absolute atomic E-state index is 0.318. The molecule has 22 heavy (non-hydrogen) atoms. The maximum absolute atomic E-state index is 9.60. The maximum atomic E-state index is 9.60. The van der Waals surface area contributed by atoms with Gasteiger partial charge in [0, 0.05) is 28.6 Å². The van der Waals surface area contributed by atoms with Crippen LogP contribution in [0, 0.1) is 0 Å². The quantitative estimate of drug-likeness (QED) is 0.533. The van der Waals surface area contributed by atoms with Crippen LogP contribution in [0.25, 0.3) is 0 Å². The summed E-state index contributed by atoms with van der Waals surface area (Å²) in [5, 5.41) is 2.31. The Hall–Kier alpha value is 0.0700. The SMILES string of the molecule is CC(C)(C)OC=O.ClC1C2CCC3SC4CCCCC4N2C31. The lowest BCUT2D eigenvalue weighted by molar-refractivity contribution is -0.138. The topological polar surface area (TPSA) is 29.5 Å². The molecule has 2 saturated carbocycles. The molecule has 3 nitrogen and oxygen atoms in total. The van der Waals surface area contributed by atoms with Crippen LogP contribution in [0.2, 0.25) is 0 Å². The largest absolute Gasteiger partial charge is 0.462 e. The van der Waals surface area contributed by atoms with E-state index in [1.807, 2.05) is 20.8 Å². The van der Waals surface area contributed by atoms with Crippen LogP contribution in [0.15, 0.2) is 0 Å². The van der Waals surface area contributed by atoms with E-state index in [2.05, 4.69) is 21.4 Å². The number of alkyl halides is 1. The number of halogens is 1. The summed E-state index contributed by atoms with van der Waals surface area (Å²) in [5.41, 5.74) is -0.318. The van der Waals surface area contributed by atoms with Gasteiger partial charge in [0.1, 0.15) is 5.60 Å². The Morgan fingerprint density at radius 1 is 1.09 bits per heavy atom. The highest BCUT2D eigenvalue weighted by atomic mass is 35.5. The van der Waals surface area contributed by atoms with Gasteiger partial charge in [0.2, 0.25) is 0 Å². The molecular formula is C17H28ClNO2S. The zero-order chi connectivity index (χ0) is 15.9. The van der Waals surface area contributed by atoms with E-state index in [0.717, 1.165) is 28.6 Å². The number of rotatable bonds is 1. The maximum Gasteiger partial charge on any atom is 0.293 e. The number of carbonyl (C=O) groups excluding carboxylic acids is 1. The van der Waals surface area contributed by atoms with Crippen LogP contribution in [0.1, 0.15) is 59.3 Å². The van der Waals surface area contributed by atoms with Crippen molar-refractivity contribution in [1.82, 2.24) is 4.90 Å². The molecule has 0 aromatic heterocycles. The van der Waals surface area contributed by atoms with E-state index in [1.165, 1.54) is 38.5 Å². The number of thioether (sulfide) groups is 1. The molecule has 6 unspecified atom stereocenters. The standard InChI is InChI=1S/C12H18ClNS.C5H10O2/c13-11-8-5-6-10-12(11)14(8)7-3-1-2-4-9(7)15-10;1-5(2,3)7-4-6/h7-12H,1-6H2;4H,1-3H3. The predicted molar refractivity (Wildman–Crippen MR) is 92.6 cm³/mol. The molecule has 4 rings (SSSR count). The molecule has 126 valence electrons. The van der Waals surface area contributed by atoms with E-state index in [1.54, 1.807) is 0 Å². The minimum atomic E-state index is -0.318. The van der Waals surface area contributed by atoms with Crippen molar-refractivity contribution in [3.05, 3.63) is 0 Å². The Morgan fingerprint density at radius 2 is 1.82 bits per heavy atom. The van der Waals surface area contributed by atoms with E-state index >= 15 is 0 Å². The number of carbonyl (C=O) groups is 1. The van der Waals surface area contributed by atoms with Gasteiger partial charge in [-0.1, -0.05) is 12.8 Å². The Kier molecular flexibility index (Phi) is 5.01. The van der Waals surface area contributed by atoms with Gasteiger partial charge in [-0.3, -0.25) is 9.69 Å². The second kappa shape index (κ2) is 6.52. The molecular weight excluding hydrogens is 318 g/mol. The number of nitrogens with zero attached hydrogens (tertiary/aromatic N) is 1. The van der Waals surface area contributed by atoms with Gasteiger partial charge in [-0.2, -0.15) is 11.8 Å². The summed E-state index contributed by atoms with van der Waals surface area (Å²) in [6, 6.07) is 2.39. The van der Waals surface area contributed by atoms with Crippen LogP contribution in [0.3, 0.4) is 0 Å². The van der Waals surface area contributed by atoms with E-state index < -0.39 is 0 Å². The molecule has 2 saturated heterocycles. The lowest BCUT2D eigenvalue weighted by Crippen LogP contribution is -2.78. The van der Waals surface area contributed by atoms with Gasteiger partial charge in [-0.25, -0.2) is 0 Å². The molecule has 2 heterocycles. The number of ether oxygens (including phenoxy) is 1. The van der Waals surface area contributed by atoms with E-state index in [0.29, 0.717) is 11.8 Å². The van der Waals surface area contributed by atoms with Crippen molar-refractivity contribution in [3.63, 3.8) is 0 Å². The Bertz CT molecular complexity index is 412. The van der Waals surface area contributed by atoms with E-state index in [4.69, 9.17) is 11.6 Å². The molecule has 0 aromatic carbocycles. The molecule has 4 aliphatic rings. The molecule has 2 aliphatic carbocycles. The number of fused-ring (bicyclic) bond motifs is 4. The van der Waals surface area contributed by atoms with Crippen molar-refractivity contribution in [2.75, 3.05) is 0 Å². The molecule has 5 heteroatoms. The third-order valence-corrected chi connectivity index (χ3v) is 7.66. The fraction of sp³-hybridized carbons (Fsp3) is 0.941. The first-order chi connectivity index (χ1) is 10.4. The van der Waals surface area contributed by atoms with E-state index in [9.17, 15) is 4.79 Å². The number of hydrogen-bond acceptors (Lipinski definition) is 4. The lowest BCUT2D eigenvalue weighted by Gasteiger charge is -2.67. The van der Waals surface area contributed by atoms with Crippen molar-refractivity contribution in [2.24, 2.45) is 0 Å². The van der Waals surface area contributed by atoms with Crippen LogP contribution in [-0.4, -0.2) is 51.0 Å². The molecule has 2 bridgehead atoms. The Balaban J connectivity index is 0.000000178. The van der Waals surface area contributed by atoms with Gasteiger partial charge in [-0.05, 0) is 46.5 Å². The first-order valence-corrected chi connectivity index (χ1v) is 9.99. The summed E-state index contributed by atoms with van der Waals surface area (Å²) in [5.74, 6) is 0. The Labute approximate surface area is 143 Å². The smallest absolute Gasteiger partial charge is 0.293 e. The van der Waals surface area contributed by atoms with Crippen molar-refractivity contribution < 1.29 is 9.53 Å². The van der Waals surface area contributed by atoms with Gasteiger partial charge in [0.25, 0.3) is 6.47 Å². The highest BCUT2D eigenvalue weighted by molar-refractivity contribution is 8.00. The summed E-state index contributed by atoms with van der Waals surface area (Å²) in [7, 11) is 0. The normalized spacial score (nSPS) is 43.1. The summed E-state index contributed by atoms with van der Waals surface area (Å²) in [4.78, 5) is 12.4. The number of piperidine rings is 1. The van der Waals surface area contributed by atoms with Gasteiger partial charge in [0.05, 0.1) is 5.38 Å². The summed E-state index contributed by atoms with van der Waals surface area (Å²) in [6.45, 7) is 5.92. The summed E-state index contributed by atoms with van der Waals surface area (Å²) in [6.07, 6.45) is 8.63. The lowest BCUT2D eigenvalue weighted by atomic mass is 9.74. The molecule has 4 fully saturated rings. The average Bonchev–Trinajstić information content (AvgIpc) is 2.45. The highest BCUT2D eigenvalue weighted by Crippen LogP contribution is 2.55. The molecule has 0 N–H and O–H groups in total. The highest BCUT2D eigenvalue weighted by Gasteiger charge is 2.61. The Morgan fingerprint density at radius 3 is 2.41 bits per heavy atom. The molecule has 0 amide bonds. The second-order valence-corrected chi connectivity index (χ2v) is 9.91. The van der Waals surface area contributed by atoms with Crippen LogP contribution in [0.4, 0.5) is 0 Å². The molecule has 0 spiro atoms. The summed E-state index contributed by atoms with van der Waals surface area (Å²) >= 11 is 8.79. The van der Waals surface area contributed by atoms with Crippen molar-refractivity contribution in [3.8, 4) is 0 Å². The molecule has 2 aliphatic heterocycles. The molecule has 0 aromatic rings. The molecule has 6 atom stereocenters. The van der Waals surface area contributed by atoms with Crippen LogP contribution in [0.5, 0.6) is 0 Å². The average molecular weight is 346 g/mol. The first-order valence-electron chi connectivity index (χ1n) is 8.61. The third kappa shape index (κ3) is 3.16. The van der Waals surface area contributed by atoms with Crippen LogP contribution >= 0.6 is 23.4 Å². The monoisotopic (exact) mass is 345 g/mol. The van der Waals surface area contributed by atoms with Crippen molar-refractivity contribution in [1.29, 1.82) is 0 Å². The molecule has 0 radical (unpaired) electrons. The zero-order valence-electron chi connectivity index (χ0n) is 13.8. The van der Waals surface area contributed by atoms with Gasteiger partial charge >= 0.3 is 0 Å². The minimum Gasteiger partial charge on any atom is -0.462 e. The fourth-order valence-corrected chi connectivity index (χ4v) is 7.05.